The van der Waals surface area contributed by atoms with Gasteiger partial charge in [0.15, 0.2) is 0 Å². The molecule has 6 heteroatoms. The Balaban J connectivity index is 2.22. The second kappa shape index (κ2) is 5.14. The Bertz CT molecular complexity index is 604. The number of rotatable bonds is 2. The number of anilines is 2. The van der Waals surface area contributed by atoms with Crippen molar-refractivity contribution >= 4 is 33.3 Å². The molecule has 3 N–H and O–H groups in total. The van der Waals surface area contributed by atoms with Crippen LogP contribution < -0.4 is 11.1 Å². The van der Waals surface area contributed by atoms with Crippen molar-refractivity contribution in [2.45, 2.75) is 0 Å². The molecule has 1 aromatic carbocycles. The zero-order valence-corrected chi connectivity index (χ0v) is 10.7. The van der Waals surface area contributed by atoms with Crippen LogP contribution in [0.15, 0.2) is 41.0 Å². The van der Waals surface area contributed by atoms with Crippen molar-refractivity contribution in [3.63, 3.8) is 0 Å². The second-order valence-electron chi connectivity index (χ2n) is 3.52. The van der Waals surface area contributed by atoms with Crippen molar-refractivity contribution in [2.24, 2.45) is 0 Å². The molecule has 0 aliphatic rings. The van der Waals surface area contributed by atoms with Gasteiger partial charge < -0.3 is 11.1 Å². The third-order valence-electron chi connectivity index (χ3n) is 2.25. The van der Waals surface area contributed by atoms with Crippen LogP contribution in [0.1, 0.15) is 10.4 Å². The van der Waals surface area contributed by atoms with E-state index in [0.717, 1.165) is 6.07 Å². The van der Waals surface area contributed by atoms with Gasteiger partial charge in [0, 0.05) is 11.8 Å². The Kier molecular flexibility index (Phi) is 3.57. The van der Waals surface area contributed by atoms with Gasteiger partial charge >= 0.3 is 0 Å². The van der Waals surface area contributed by atoms with E-state index in [1.165, 1.54) is 12.1 Å². The maximum atomic E-state index is 13.0. The molecule has 0 aliphatic heterocycles. The number of benzene rings is 1. The number of pyridine rings is 1. The molecule has 0 radical (unpaired) electrons. The molecule has 0 spiro atoms. The number of nitrogens with zero attached hydrogens (tertiary/aromatic N) is 1. The minimum atomic E-state index is -0.550. The Hall–Kier alpha value is -1.95. The van der Waals surface area contributed by atoms with Crippen molar-refractivity contribution in [3.05, 3.63) is 52.4 Å². The lowest BCUT2D eigenvalue weighted by Gasteiger charge is -2.06. The summed E-state index contributed by atoms with van der Waals surface area (Å²) in [6.07, 6.45) is 1.55. The molecule has 18 heavy (non-hydrogen) atoms. The molecule has 0 saturated heterocycles. The van der Waals surface area contributed by atoms with Gasteiger partial charge in [-0.15, -0.1) is 0 Å². The minimum Gasteiger partial charge on any atom is -0.396 e. The number of amides is 1. The van der Waals surface area contributed by atoms with E-state index >= 15 is 0 Å². The highest BCUT2D eigenvalue weighted by Gasteiger charge is 2.10. The zero-order chi connectivity index (χ0) is 13.1. The summed E-state index contributed by atoms with van der Waals surface area (Å²) in [6.45, 7) is 0. The van der Waals surface area contributed by atoms with Gasteiger partial charge in [-0.2, -0.15) is 0 Å². The Labute approximate surface area is 111 Å². The highest BCUT2D eigenvalue weighted by Crippen LogP contribution is 2.20. The number of hydrogen-bond acceptors (Lipinski definition) is 3. The van der Waals surface area contributed by atoms with Crippen LogP contribution in [0.25, 0.3) is 0 Å². The van der Waals surface area contributed by atoms with Crippen molar-refractivity contribution in [3.8, 4) is 0 Å². The monoisotopic (exact) mass is 309 g/mol. The maximum absolute atomic E-state index is 13.0. The molecule has 2 aromatic rings. The number of hydrogen-bond donors (Lipinski definition) is 2. The van der Waals surface area contributed by atoms with Crippen LogP contribution in [0.4, 0.5) is 15.9 Å². The maximum Gasteiger partial charge on any atom is 0.256 e. The van der Waals surface area contributed by atoms with Crippen LogP contribution in [-0.4, -0.2) is 10.9 Å². The first-order chi connectivity index (χ1) is 8.58. The van der Waals surface area contributed by atoms with Crippen molar-refractivity contribution in [1.29, 1.82) is 0 Å². The quantitative estimate of drug-likeness (QED) is 0.838. The number of nitrogens with two attached hydrogens (primary N) is 1. The first-order valence-electron chi connectivity index (χ1n) is 5.05. The molecule has 0 atom stereocenters. The number of carbonyl (C=O) groups is 1. The topological polar surface area (TPSA) is 68.0 Å². The summed E-state index contributed by atoms with van der Waals surface area (Å²) >= 11 is 3.26. The molecule has 1 amide bonds. The number of nitrogens with one attached hydrogen (secondary N) is 1. The molecule has 0 fully saturated rings. The van der Waals surface area contributed by atoms with Crippen LogP contribution in [0.3, 0.4) is 0 Å². The van der Waals surface area contributed by atoms with Crippen LogP contribution in [0, 0.1) is 5.82 Å². The Morgan fingerprint density at radius 1 is 1.39 bits per heavy atom. The SMILES string of the molecule is Nc1cc(C(=O)Nc2ncccc2Br)ccc1F. The molecule has 0 unspecified atom stereocenters. The summed E-state index contributed by atoms with van der Waals surface area (Å²) in [6, 6.07) is 7.27. The van der Waals surface area contributed by atoms with Gasteiger partial charge in [0.1, 0.15) is 11.6 Å². The van der Waals surface area contributed by atoms with Gasteiger partial charge in [-0.25, -0.2) is 9.37 Å². The van der Waals surface area contributed by atoms with E-state index in [2.05, 4.69) is 26.2 Å². The molecule has 0 aliphatic carbocycles. The summed E-state index contributed by atoms with van der Waals surface area (Å²) < 4.78 is 13.6. The fourth-order valence-electron chi connectivity index (χ4n) is 1.34. The van der Waals surface area contributed by atoms with Crippen molar-refractivity contribution < 1.29 is 9.18 Å². The Morgan fingerprint density at radius 2 is 2.17 bits per heavy atom. The number of nitrogen functional groups attached to an aromatic ring is 1. The van der Waals surface area contributed by atoms with E-state index in [4.69, 9.17) is 5.73 Å². The molecule has 1 aromatic heterocycles. The molecular weight excluding hydrogens is 301 g/mol. The van der Waals surface area contributed by atoms with E-state index in [-0.39, 0.29) is 11.3 Å². The largest absolute Gasteiger partial charge is 0.396 e. The van der Waals surface area contributed by atoms with E-state index in [1.807, 2.05) is 0 Å². The summed E-state index contributed by atoms with van der Waals surface area (Å²) in [5.41, 5.74) is 5.60. The lowest BCUT2D eigenvalue weighted by molar-refractivity contribution is 0.102. The van der Waals surface area contributed by atoms with Crippen LogP contribution in [0.2, 0.25) is 0 Å². The lowest BCUT2D eigenvalue weighted by Crippen LogP contribution is -2.13. The fourth-order valence-corrected chi connectivity index (χ4v) is 1.70. The first-order valence-corrected chi connectivity index (χ1v) is 5.84. The molecule has 0 bridgehead atoms. The Morgan fingerprint density at radius 3 is 2.83 bits per heavy atom. The molecule has 0 saturated carbocycles. The van der Waals surface area contributed by atoms with Crippen molar-refractivity contribution in [2.75, 3.05) is 11.1 Å². The van der Waals surface area contributed by atoms with Crippen molar-refractivity contribution in [1.82, 2.24) is 4.98 Å². The van der Waals surface area contributed by atoms with Crippen LogP contribution in [0.5, 0.6) is 0 Å². The van der Waals surface area contributed by atoms with Gasteiger partial charge in [0.2, 0.25) is 0 Å². The first kappa shape index (κ1) is 12.5. The number of halogens is 2. The van der Waals surface area contributed by atoms with Gasteiger partial charge in [-0.1, -0.05) is 0 Å². The van der Waals surface area contributed by atoms with E-state index in [0.29, 0.717) is 10.3 Å². The lowest BCUT2D eigenvalue weighted by atomic mass is 10.2. The zero-order valence-electron chi connectivity index (χ0n) is 9.15. The normalized spacial score (nSPS) is 10.1. The highest BCUT2D eigenvalue weighted by molar-refractivity contribution is 9.10. The molecular formula is C12H9BrFN3O. The third-order valence-corrected chi connectivity index (χ3v) is 2.89. The number of carbonyl (C=O) groups excluding carboxylic acids is 1. The summed E-state index contributed by atoms with van der Waals surface area (Å²) in [5.74, 6) is -0.558. The predicted molar refractivity (Wildman–Crippen MR) is 70.7 cm³/mol. The second-order valence-corrected chi connectivity index (χ2v) is 4.38. The predicted octanol–water partition coefficient (Wildman–Crippen LogP) is 2.82. The van der Waals surface area contributed by atoms with E-state index in [1.54, 1.807) is 18.3 Å². The standard InChI is InChI=1S/C12H9BrFN3O/c13-8-2-1-5-16-11(8)17-12(18)7-3-4-9(14)10(15)6-7/h1-6H,15H2,(H,16,17,18). The highest BCUT2D eigenvalue weighted by atomic mass is 79.9. The average Bonchev–Trinajstić information content (AvgIpc) is 2.35. The average molecular weight is 310 g/mol. The van der Waals surface area contributed by atoms with E-state index in [9.17, 15) is 9.18 Å². The fraction of sp³-hybridized carbons (Fsp3) is 0. The van der Waals surface area contributed by atoms with E-state index < -0.39 is 11.7 Å². The summed E-state index contributed by atoms with van der Waals surface area (Å²) in [7, 11) is 0. The third kappa shape index (κ3) is 2.65. The van der Waals surface area contributed by atoms with Gasteiger partial charge in [-0.3, -0.25) is 4.79 Å². The molecule has 4 nitrogen and oxygen atoms in total. The molecule has 1 heterocycles. The smallest absolute Gasteiger partial charge is 0.256 e. The van der Waals surface area contributed by atoms with Gasteiger partial charge in [0.25, 0.3) is 5.91 Å². The summed E-state index contributed by atoms with van der Waals surface area (Å²) in [5, 5.41) is 2.60. The number of aromatic nitrogens is 1. The van der Waals surface area contributed by atoms with Crippen LogP contribution >= 0.6 is 15.9 Å². The van der Waals surface area contributed by atoms with Crippen LogP contribution in [-0.2, 0) is 0 Å². The summed E-state index contributed by atoms with van der Waals surface area (Å²) in [4.78, 5) is 15.9. The van der Waals surface area contributed by atoms with Gasteiger partial charge in [-0.05, 0) is 46.3 Å². The molecule has 92 valence electrons. The minimum absolute atomic E-state index is 0.0669. The molecule has 2 rings (SSSR count). The van der Waals surface area contributed by atoms with Gasteiger partial charge in [0.05, 0.1) is 10.2 Å².